The van der Waals surface area contributed by atoms with Crippen LogP contribution in [-0.2, 0) is 0 Å². The molecule has 0 saturated carbocycles. The Balaban J connectivity index is 2.33. The molecule has 2 rings (SSSR count). The predicted molar refractivity (Wildman–Crippen MR) is 78.6 cm³/mol. The molecule has 1 heterocycles. The number of ether oxygens (including phenoxy) is 1. The predicted octanol–water partition coefficient (Wildman–Crippen LogP) is 2.96. The number of rotatable bonds is 5. The SMILES string of the molecule is COc1cc(Nc2ccc([N+](=O)[O-])cn2)c(C)cc1[N+](=O)[O-]. The number of nitrogens with one attached hydrogen (secondary N) is 1. The van der Waals surface area contributed by atoms with Gasteiger partial charge in [-0.2, -0.15) is 0 Å². The molecule has 0 saturated heterocycles. The van der Waals surface area contributed by atoms with E-state index in [1.54, 1.807) is 6.92 Å². The van der Waals surface area contributed by atoms with Crippen LogP contribution >= 0.6 is 0 Å². The van der Waals surface area contributed by atoms with E-state index >= 15 is 0 Å². The molecule has 0 aliphatic heterocycles. The smallest absolute Gasteiger partial charge is 0.311 e. The van der Waals surface area contributed by atoms with Crippen LogP contribution in [0.1, 0.15) is 5.56 Å². The highest BCUT2D eigenvalue weighted by Gasteiger charge is 2.17. The van der Waals surface area contributed by atoms with Gasteiger partial charge in [0.2, 0.25) is 0 Å². The molecule has 0 atom stereocenters. The van der Waals surface area contributed by atoms with Crippen LogP contribution in [0.4, 0.5) is 22.9 Å². The van der Waals surface area contributed by atoms with Crippen LogP contribution in [-0.4, -0.2) is 21.9 Å². The first-order valence-corrected chi connectivity index (χ1v) is 6.13. The third-order valence-electron chi connectivity index (χ3n) is 2.94. The Kier molecular flexibility index (Phi) is 4.16. The molecule has 9 heteroatoms. The lowest BCUT2D eigenvalue weighted by Crippen LogP contribution is -2.00. The molecule has 0 bridgehead atoms. The lowest BCUT2D eigenvalue weighted by Gasteiger charge is -2.11. The summed E-state index contributed by atoms with van der Waals surface area (Å²) >= 11 is 0. The molecule has 0 unspecified atom stereocenters. The molecule has 9 nitrogen and oxygen atoms in total. The normalized spacial score (nSPS) is 10.1. The van der Waals surface area contributed by atoms with Crippen LogP contribution in [0.3, 0.4) is 0 Å². The van der Waals surface area contributed by atoms with Crippen molar-refractivity contribution in [2.24, 2.45) is 0 Å². The van der Waals surface area contributed by atoms with E-state index in [9.17, 15) is 20.2 Å². The first-order valence-electron chi connectivity index (χ1n) is 6.13. The second-order valence-corrected chi connectivity index (χ2v) is 4.38. The van der Waals surface area contributed by atoms with Crippen LogP contribution in [0.15, 0.2) is 30.5 Å². The molecule has 0 spiro atoms. The molecule has 114 valence electrons. The van der Waals surface area contributed by atoms with Gasteiger partial charge in [0.1, 0.15) is 12.0 Å². The molecule has 0 fully saturated rings. The van der Waals surface area contributed by atoms with Gasteiger partial charge in [0, 0.05) is 23.9 Å². The summed E-state index contributed by atoms with van der Waals surface area (Å²) < 4.78 is 5.00. The van der Waals surface area contributed by atoms with Crippen molar-refractivity contribution in [3.05, 3.63) is 56.3 Å². The highest BCUT2D eigenvalue weighted by Crippen LogP contribution is 2.33. The van der Waals surface area contributed by atoms with E-state index in [0.717, 1.165) is 6.20 Å². The Morgan fingerprint density at radius 2 is 1.91 bits per heavy atom. The van der Waals surface area contributed by atoms with Gasteiger partial charge in [-0.3, -0.25) is 20.2 Å². The fraction of sp³-hybridized carbons (Fsp3) is 0.154. The summed E-state index contributed by atoms with van der Waals surface area (Å²) in [7, 11) is 1.34. The third-order valence-corrected chi connectivity index (χ3v) is 2.94. The van der Waals surface area contributed by atoms with E-state index in [1.807, 2.05) is 0 Å². The number of nitro benzene ring substituents is 1. The minimum absolute atomic E-state index is 0.111. The monoisotopic (exact) mass is 304 g/mol. The van der Waals surface area contributed by atoms with Gasteiger partial charge in [0.05, 0.1) is 17.0 Å². The van der Waals surface area contributed by atoms with Crippen LogP contribution in [0, 0.1) is 27.2 Å². The summed E-state index contributed by atoms with van der Waals surface area (Å²) in [5.41, 5.74) is 0.919. The summed E-state index contributed by atoms with van der Waals surface area (Å²) in [6.07, 6.45) is 1.13. The number of hydrogen-bond acceptors (Lipinski definition) is 7. The standard InChI is InChI=1S/C13H12N4O5/c1-8-5-11(17(20)21)12(22-2)6-10(8)15-13-4-3-9(7-14-13)16(18)19/h3-7H,1-2H3,(H,14,15). The highest BCUT2D eigenvalue weighted by atomic mass is 16.6. The number of nitrogens with zero attached hydrogens (tertiary/aromatic N) is 3. The van der Waals surface area contributed by atoms with Crippen molar-refractivity contribution in [2.75, 3.05) is 12.4 Å². The van der Waals surface area contributed by atoms with Crippen LogP contribution < -0.4 is 10.1 Å². The van der Waals surface area contributed by atoms with Gasteiger partial charge in [-0.15, -0.1) is 0 Å². The van der Waals surface area contributed by atoms with E-state index in [2.05, 4.69) is 10.3 Å². The summed E-state index contributed by atoms with van der Waals surface area (Å²) in [5.74, 6) is 0.490. The zero-order valence-electron chi connectivity index (χ0n) is 11.8. The second kappa shape index (κ2) is 6.04. The van der Waals surface area contributed by atoms with E-state index in [4.69, 9.17) is 4.74 Å². The van der Waals surface area contributed by atoms with Crippen LogP contribution in [0.25, 0.3) is 0 Å². The Labute approximate surface area is 124 Å². The molecule has 2 aromatic rings. The van der Waals surface area contributed by atoms with Gasteiger partial charge < -0.3 is 10.1 Å². The summed E-state index contributed by atoms with van der Waals surface area (Å²) in [6, 6.07) is 5.63. The number of methoxy groups -OCH3 is 1. The number of pyridine rings is 1. The average Bonchev–Trinajstić information content (AvgIpc) is 2.49. The van der Waals surface area contributed by atoms with Gasteiger partial charge in [-0.25, -0.2) is 4.98 Å². The van der Waals surface area contributed by atoms with E-state index in [0.29, 0.717) is 17.1 Å². The van der Waals surface area contributed by atoms with Crippen molar-refractivity contribution in [1.29, 1.82) is 0 Å². The first kappa shape index (κ1) is 15.2. The molecule has 1 aromatic heterocycles. The molecular formula is C13H12N4O5. The van der Waals surface area contributed by atoms with Gasteiger partial charge in [-0.1, -0.05) is 0 Å². The van der Waals surface area contributed by atoms with Crippen molar-refractivity contribution < 1.29 is 14.6 Å². The minimum Gasteiger partial charge on any atom is -0.490 e. The fourth-order valence-electron chi connectivity index (χ4n) is 1.82. The maximum Gasteiger partial charge on any atom is 0.311 e. The third kappa shape index (κ3) is 3.08. The van der Waals surface area contributed by atoms with E-state index < -0.39 is 9.85 Å². The first-order chi connectivity index (χ1) is 10.4. The molecule has 0 radical (unpaired) electrons. The molecule has 0 aliphatic rings. The second-order valence-electron chi connectivity index (χ2n) is 4.38. The average molecular weight is 304 g/mol. The lowest BCUT2D eigenvalue weighted by molar-refractivity contribution is -0.385. The zero-order chi connectivity index (χ0) is 16.3. The van der Waals surface area contributed by atoms with E-state index in [-0.39, 0.29) is 17.1 Å². The molecule has 22 heavy (non-hydrogen) atoms. The largest absolute Gasteiger partial charge is 0.490 e. The van der Waals surface area contributed by atoms with Crippen molar-refractivity contribution >= 4 is 22.9 Å². The van der Waals surface area contributed by atoms with E-state index in [1.165, 1.54) is 31.4 Å². The Morgan fingerprint density at radius 1 is 1.18 bits per heavy atom. The Hall–Kier alpha value is -3.23. The maximum absolute atomic E-state index is 10.9. The zero-order valence-corrected chi connectivity index (χ0v) is 11.8. The van der Waals surface area contributed by atoms with Gasteiger partial charge in [0.15, 0.2) is 5.75 Å². The minimum atomic E-state index is -0.545. The highest BCUT2D eigenvalue weighted by molar-refractivity contribution is 5.67. The molecule has 0 aliphatic carbocycles. The summed E-state index contributed by atoms with van der Waals surface area (Å²) in [6.45, 7) is 1.69. The fourth-order valence-corrected chi connectivity index (χ4v) is 1.82. The number of hydrogen-bond donors (Lipinski definition) is 1. The number of benzene rings is 1. The van der Waals surface area contributed by atoms with Gasteiger partial charge in [-0.05, 0) is 18.6 Å². The summed E-state index contributed by atoms with van der Waals surface area (Å²) in [4.78, 5) is 24.4. The van der Waals surface area contributed by atoms with Crippen molar-refractivity contribution in [2.45, 2.75) is 6.92 Å². The number of aryl methyl sites for hydroxylation is 1. The van der Waals surface area contributed by atoms with Gasteiger partial charge >= 0.3 is 5.69 Å². The topological polar surface area (TPSA) is 120 Å². The summed E-state index contributed by atoms with van der Waals surface area (Å²) in [5, 5.41) is 24.4. The quantitative estimate of drug-likeness (QED) is 0.665. The lowest BCUT2D eigenvalue weighted by atomic mass is 10.1. The van der Waals surface area contributed by atoms with Gasteiger partial charge in [0.25, 0.3) is 5.69 Å². The number of aromatic nitrogens is 1. The Bertz CT molecular complexity index is 730. The van der Waals surface area contributed by atoms with Crippen molar-refractivity contribution in [1.82, 2.24) is 4.98 Å². The molecular weight excluding hydrogens is 292 g/mol. The Morgan fingerprint density at radius 3 is 2.41 bits per heavy atom. The molecule has 1 N–H and O–H groups in total. The van der Waals surface area contributed by atoms with Crippen molar-refractivity contribution in [3.63, 3.8) is 0 Å². The van der Waals surface area contributed by atoms with Crippen LogP contribution in [0.2, 0.25) is 0 Å². The number of anilines is 2. The molecule has 1 aromatic carbocycles. The van der Waals surface area contributed by atoms with Crippen LogP contribution in [0.5, 0.6) is 5.75 Å². The maximum atomic E-state index is 10.9. The molecule has 0 amide bonds. The van der Waals surface area contributed by atoms with Crippen molar-refractivity contribution in [3.8, 4) is 5.75 Å². The number of nitro groups is 2.